The summed E-state index contributed by atoms with van der Waals surface area (Å²) in [6.45, 7) is 4.39. The van der Waals surface area contributed by atoms with Crippen LogP contribution in [0.4, 0.5) is 5.95 Å². The van der Waals surface area contributed by atoms with E-state index in [1.54, 1.807) is 13.1 Å². The first-order chi connectivity index (χ1) is 16.4. The molecule has 184 valence electrons. The molecular formula is C26H37N5O3. The maximum absolute atomic E-state index is 13.6. The largest absolute Gasteiger partial charge is 0.390 e. The van der Waals surface area contributed by atoms with Crippen LogP contribution in [-0.4, -0.2) is 69.6 Å². The van der Waals surface area contributed by atoms with Gasteiger partial charge in [-0.3, -0.25) is 9.59 Å². The predicted octanol–water partition coefficient (Wildman–Crippen LogP) is 2.47. The van der Waals surface area contributed by atoms with Crippen molar-refractivity contribution in [2.75, 3.05) is 31.1 Å². The SMILES string of the molecule is CC(=O)N1CCN(c2ncc(C(=O)N[C@H]3C4CC5CC3C[C@@](O)(C5)C4)c(C3CCCC3)n2)CC1. The molecule has 5 aliphatic carbocycles. The summed E-state index contributed by atoms with van der Waals surface area (Å²) in [7, 11) is 0. The lowest BCUT2D eigenvalue weighted by atomic mass is 9.52. The van der Waals surface area contributed by atoms with Gasteiger partial charge in [0, 0.05) is 51.3 Å². The molecule has 0 spiro atoms. The van der Waals surface area contributed by atoms with E-state index in [0.29, 0.717) is 61.4 Å². The van der Waals surface area contributed by atoms with Gasteiger partial charge in [-0.2, -0.15) is 0 Å². The summed E-state index contributed by atoms with van der Waals surface area (Å²) in [5.41, 5.74) is 1.03. The Hall–Kier alpha value is -2.22. The van der Waals surface area contributed by atoms with Gasteiger partial charge in [-0.25, -0.2) is 9.97 Å². The Morgan fingerprint density at radius 1 is 1.06 bits per heavy atom. The van der Waals surface area contributed by atoms with Crippen LogP contribution in [0.3, 0.4) is 0 Å². The van der Waals surface area contributed by atoms with E-state index in [2.05, 4.69) is 15.2 Å². The summed E-state index contributed by atoms with van der Waals surface area (Å²) >= 11 is 0. The minimum Gasteiger partial charge on any atom is -0.390 e. The molecule has 7 rings (SSSR count). The molecule has 2 atom stereocenters. The molecule has 2 heterocycles. The number of aliphatic hydroxyl groups is 1. The zero-order valence-electron chi connectivity index (χ0n) is 20.2. The Balaban J connectivity index is 1.22. The van der Waals surface area contributed by atoms with E-state index < -0.39 is 5.60 Å². The fourth-order valence-corrected chi connectivity index (χ4v) is 7.89. The molecule has 0 aromatic carbocycles. The number of carbonyl (C=O) groups excluding carboxylic acids is 2. The molecule has 1 aromatic heterocycles. The maximum atomic E-state index is 13.6. The zero-order chi connectivity index (χ0) is 23.4. The first-order valence-electron chi connectivity index (χ1n) is 13.3. The number of anilines is 1. The number of carbonyl (C=O) groups is 2. The van der Waals surface area contributed by atoms with Gasteiger partial charge in [-0.1, -0.05) is 12.8 Å². The number of nitrogens with one attached hydrogen (secondary N) is 1. The highest BCUT2D eigenvalue weighted by Gasteiger charge is 2.55. The Morgan fingerprint density at radius 3 is 2.35 bits per heavy atom. The fraction of sp³-hybridized carbons (Fsp3) is 0.769. The molecule has 2 unspecified atom stereocenters. The van der Waals surface area contributed by atoms with Crippen LogP contribution in [0, 0.1) is 17.8 Å². The van der Waals surface area contributed by atoms with Crippen LogP contribution in [0.1, 0.15) is 86.7 Å². The standard InChI is InChI=1S/C26H37N5O3/c1-16(32)30-6-8-31(9-7-30)25-27-15-21(23(29-25)18-4-2-3-5-18)24(33)28-22-19-10-17-11-20(22)14-26(34,12-17)13-19/h15,17-20,22,34H,2-14H2,1H3,(H,28,33)/t17?,19?,20?,22-,26+. The van der Waals surface area contributed by atoms with Gasteiger partial charge in [0.15, 0.2) is 0 Å². The summed E-state index contributed by atoms with van der Waals surface area (Å²) < 4.78 is 0. The average Bonchev–Trinajstić information content (AvgIpc) is 3.35. The quantitative estimate of drug-likeness (QED) is 0.706. The molecule has 1 aromatic rings. The van der Waals surface area contributed by atoms with Crippen LogP contribution in [-0.2, 0) is 4.79 Å². The second kappa shape index (κ2) is 8.47. The van der Waals surface area contributed by atoms with Gasteiger partial charge in [0.25, 0.3) is 5.91 Å². The van der Waals surface area contributed by atoms with Crippen molar-refractivity contribution in [2.45, 2.75) is 82.3 Å². The Labute approximate surface area is 201 Å². The van der Waals surface area contributed by atoms with E-state index in [0.717, 1.165) is 50.6 Å². The molecule has 6 aliphatic rings. The van der Waals surface area contributed by atoms with Crippen molar-refractivity contribution in [1.82, 2.24) is 20.2 Å². The summed E-state index contributed by atoms with van der Waals surface area (Å²) in [4.78, 5) is 38.9. The second-order valence-corrected chi connectivity index (χ2v) is 11.6. The number of piperazine rings is 1. The topological polar surface area (TPSA) is 98.7 Å². The van der Waals surface area contributed by atoms with Crippen LogP contribution in [0.15, 0.2) is 6.20 Å². The van der Waals surface area contributed by atoms with Gasteiger partial charge in [0.05, 0.1) is 16.9 Å². The monoisotopic (exact) mass is 467 g/mol. The van der Waals surface area contributed by atoms with Crippen molar-refractivity contribution in [3.8, 4) is 0 Å². The van der Waals surface area contributed by atoms with Crippen LogP contribution in [0.25, 0.3) is 0 Å². The van der Waals surface area contributed by atoms with Gasteiger partial charge in [0.2, 0.25) is 11.9 Å². The summed E-state index contributed by atoms with van der Waals surface area (Å²) in [6.07, 6.45) is 11.1. The van der Waals surface area contributed by atoms with Crippen LogP contribution in [0.5, 0.6) is 0 Å². The lowest BCUT2D eigenvalue weighted by molar-refractivity contribution is -0.137. The first kappa shape index (κ1) is 22.3. The van der Waals surface area contributed by atoms with E-state index in [1.807, 2.05) is 4.90 Å². The Morgan fingerprint density at radius 2 is 1.74 bits per heavy atom. The molecule has 1 saturated heterocycles. The van der Waals surface area contributed by atoms with Crippen LogP contribution in [0.2, 0.25) is 0 Å². The minimum absolute atomic E-state index is 0.0423. The van der Waals surface area contributed by atoms with Gasteiger partial charge in [0.1, 0.15) is 0 Å². The van der Waals surface area contributed by atoms with Crippen molar-refractivity contribution < 1.29 is 14.7 Å². The van der Waals surface area contributed by atoms with E-state index in [1.165, 1.54) is 12.8 Å². The molecule has 6 fully saturated rings. The molecule has 8 heteroatoms. The lowest BCUT2D eigenvalue weighted by Crippen LogP contribution is -2.61. The smallest absolute Gasteiger partial charge is 0.254 e. The molecule has 34 heavy (non-hydrogen) atoms. The van der Waals surface area contributed by atoms with E-state index >= 15 is 0 Å². The van der Waals surface area contributed by atoms with Crippen LogP contribution < -0.4 is 10.2 Å². The third kappa shape index (κ3) is 3.97. The van der Waals surface area contributed by atoms with Crippen molar-refractivity contribution >= 4 is 17.8 Å². The summed E-state index contributed by atoms with van der Waals surface area (Å²) in [6, 6.07) is 0.153. The number of hydrogen-bond acceptors (Lipinski definition) is 6. The highest BCUT2D eigenvalue weighted by Crippen LogP contribution is 2.55. The summed E-state index contributed by atoms with van der Waals surface area (Å²) in [5.74, 6) is 2.44. The van der Waals surface area contributed by atoms with Crippen LogP contribution >= 0.6 is 0 Å². The highest BCUT2D eigenvalue weighted by atomic mass is 16.3. The molecule has 4 bridgehead atoms. The molecule has 5 saturated carbocycles. The number of hydrogen-bond donors (Lipinski definition) is 2. The number of amides is 2. The van der Waals surface area contributed by atoms with Crippen molar-refractivity contribution in [2.24, 2.45) is 17.8 Å². The van der Waals surface area contributed by atoms with Crippen molar-refractivity contribution in [3.05, 3.63) is 17.5 Å². The molecule has 2 amide bonds. The summed E-state index contributed by atoms with van der Waals surface area (Å²) in [5, 5.41) is 14.3. The third-order valence-electron chi connectivity index (χ3n) is 9.34. The van der Waals surface area contributed by atoms with E-state index in [-0.39, 0.29) is 17.9 Å². The number of rotatable bonds is 4. The van der Waals surface area contributed by atoms with Crippen molar-refractivity contribution in [3.63, 3.8) is 0 Å². The van der Waals surface area contributed by atoms with Gasteiger partial charge >= 0.3 is 0 Å². The zero-order valence-corrected chi connectivity index (χ0v) is 20.2. The second-order valence-electron chi connectivity index (χ2n) is 11.6. The predicted molar refractivity (Wildman–Crippen MR) is 127 cm³/mol. The minimum atomic E-state index is -0.496. The van der Waals surface area contributed by atoms with Crippen molar-refractivity contribution in [1.29, 1.82) is 0 Å². The molecule has 0 radical (unpaired) electrons. The van der Waals surface area contributed by atoms with E-state index in [4.69, 9.17) is 4.98 Å². The molecule has 2 N–H and O–H groups in total. The van der Waals surface area contributed by atoms with Gasteiger partial charge < -0.3 is 20.2 Å². The van der Waals surface area contributed by atoms with E-state index in [9.17, 15) is 14.7 Å². The molecular weight excluding hydrogens is 430 g/mol. The lowest BCUT2D eigenvalue weighted by Gasteiger charge is -2.58. The van der Waals surface area contributed by atoms with Gasteiger partial charge in [-0.15, -0.1) is 0 Å². The maximum Gasteiger partial charge on any atom is 0.254 e. The number of nitrogens with zero attached hydrogens (tertiary/aromatic N) is 4. The van der Waals surface area contributed by atoms with Gasteiger partial charge in [-0.05, 0) is 62.7 Å². The normalized spacial score (nSPS) is 35.1. The average molecular weight is 468 g/mol. The Kier molecular flexibility index (Phi) is 5.54. The Bertz CT molecular complexity index is 953. The third-order valence-corrected chi connectivity index (χ3v) is 9.34. The molecule has 8 nitrogen and oxygen atoms in total. The number of aromatic nitrogens is 2. The first-order valence-corrected chi connectivity index (χ1v) is 13.3. The molecule has 1 aliphatic heterocycles. The highest BCUT2D eigenvalue weighted by molar-refractivity contribution is 5.95. The fourth-order valence-electron chi connectivity index (χ4n) is 7.89.